The summed E-state index contributed by atoms with van der Waals surface area (Å²) in [4.78, 5) is 12.9. The van der Waals surface area contributed by atoms with Crippen molar-refractivity contribution in [2.24, 2.45) is 0 Å². The minimum Gasteiger partial charge on any atom is -0.395 e. The van der Waals surface area contributed by atoms with Crippen molar-refractivity contribution < 1.29 is 9.90 Å². The van der Waals surface area contributed by atoms with Gasteiger partial charge in [-0.2, -0.15) is 0 Å². The second-order valence-electron chi connectivity index (χ2n) is 3.76. The first-order chi connectivity index (χ1) is 8.13. The Morgan fingerprint density at radius 2 is 2.29 bits per heavy atom. The van der Waals surface area contributed by atoms with E-state index < -0.39 is 0 Å². The molecule has 5 heteroatoms. The number of hydrogen-bond acceptors (Lipinski definition) is 2. The molecule has 0 atom stereocenters. The Morgan fingerprint density at radius 3 is 2.94 bits per heavy atom. The lowest BCUT2D eigenvalue weighted by Crippen LogP contribution is -2.39. The molecule has 0 fully saturated rings. The van der Waals surface area contributed by atoms with Crippen molar-refractivity contribution in [3.05, 3.63) is 34.3 Å². The molecule has 0 saturated carbocycles. The van der Waals surface area contributed by atoms with Crippen molar-refractivity contribution >= 4 is 22.0 Å². The van der Waals surface area contributed by atoms with Gasteiger partial charge in [-0.1, -0.05) is 28.1 Å². The van der Waals surface area contributed by atoms with E-state index >= 15 is 0 Å². The second-order valence-corrected chi connectivity index (χ2v) is 4.67. The maximum absolute atomic E-state index is 11.5. The number of carbonyl (C=O) groups excluding carboxylic acids is 1. The van der Waals surface area contributed by atoms with Gasteiger partial charge in [0.05, 0.1) is 6.61 Å². The fourth-order valence-corrected chi connectivity index (χ4v) is 1.84. The van der Waals surface area contributed by atoms with Gasteiger partial charge < -0.3 is 15.3 Å². The van der Waals surface area contributed by atoms with E-state index in [1.165, 1.54) is 10.5 Å². The van der Waals surface area contributed by atoms with E-state index in [1.54, 1.807) is 7.05 Å². The molecule has 0 saturated heterocycles. The van der Waals surface area contributed by atoms with Crippen molar-refractivity contribution in [1.82, 2.24) is 10.2 Å². The quantitative estimate of drug-likeness (QED) is 0.868. The van der Waals surface area contributed by atoms with Crippen LogP contribution in [0, 0.1) is 0 Å². The number of nitrogens with one attached hydrogen (secondary N) is 1. The lowest BCUT2D eigenvalue weighted by atomic mass is 10.1. The van der Waals surface area contributed by atoms with Crippen LogP contribution in [0.25, 0.3) is 0 Å². The first-order valence-corrected chi connectivity index (χ1v) is 6.27. The number of benzene rings is 1. The Morgan fingerprint density at radius 1 is 1.53 bits per heavy atom. The zero-order valence-corrected chi connectivity index (χ0v) is 11.4. The number of likely N-dealkylation sites (N-methyl/N-ethyl adjacent to an activating group) is 1. The highest BCUT2D eigenvalue weighted by molar-refractivity contribution is 9.10. The number of rotatable bonds is 5. The minimum atomic E-state index is -0.158. The van der Waals surface area contributed by atoms with Gasteiger partial charge >= 0.3 is 6.03 Å². The predicted octanol–water partition coefficient (Wildman–Crippen LogP) is 1.63. The van der Waals surface area contributed by atoms with E-state index in [0.29, 0.717) is 13.1 Å². The minimum absolute atomic E-state index is 0.0183. The summed E-state index contributed by atoms with van der Waals surface area (Å²) in [5, 5.41) is 11.5. The molecule has 0 aliphatic heterocycles. The van der Waals surface area contributed by atoms with Crippen LogP contribution in [-0.2, 0) is 6.42 Å². The van der Waals surface area contributed by atoms with E-state index in [0.717, 1.165) is 10.9 Å². The number of hydrogen-bond donors (Lipinski definition) is 2. The molecular formula is C12H17BrN2O2. The predicted molar refractivity (Wildman–Crippen MR) is 71.0 cm³/mol. The molecule has 0 spiro atoms. The molecule has 0 aliphatic rings. The molecule has 2 amide bonds. The number of aliphatic hydroxyl groups is 1. The molecule has 4 nitrogen and oxygen atoms in total. The number of amides is 2. The normalized spacial score (nSPS) is 10.1. The summed E-state index contributed by atoms with van der Waals surface area (Å²) in [6.45, 7) is 0.920. The molecule has 17 heavy (non-hydrogen) atoms. The van der Waals surface area contributed by atoms with Crippen LogP contribution in [0.15, 0.2) is 28.7 Å². The lowest BCUT2D eigenvalue weighted by molar-refractivity contribution is 0.190. The maximum atomic E-state index is 11.5. The molecule has 0 heterocycles. The second kappa shape index (κ2) is 7.29. The third kappa shape index (κ3) is 5.19. The largest absolute Gasteiger partial charge is 0.395 e. The maximum Gasteiger partial charge on any atom is 0.317 e. The molecular weight excluding hydrogens is 284 g/mol. The van der Waals surface area contributed by atoms with Crippen molar-refractivity contribution in [2.45, 2.75) is 6.42 Å². The van der Waals surface area contributed by atoms with Crippen LogP contribution in [0.5, 0.6) is 0 Å². The Kier molecular flexibility index (Phi) is 6.00. The third-order valence-corrected chi connectivity index (χ3v) is 2.85. The van der Waals surface area contributed by atoms with Crippen molar-refractivity contribution in [3.8, 4) is 0 Å². The van der Waals surface area contributed by atoms with E-state index in [2.05, 4.69) is 21.2 Å². The van der Waals surface area contributed by atoms with Crippen LogP contribution >= 0.6 is 15.9 Å². The van der Waals surface area contributed by atoms with Crippen LogP contribution in [0.3, 0.4) is 0 Å². The highest BCUT2D eigenvalue weighted by Crippen LogP contribution is 2.11. The average Bonchev–Trinajstić information content (AvgIpc) is 2.29. The molecule has 94 valence electrons. The van der Waals surface area contributed by atoms with Crippen molar-refractivity contribution in [3.63, 3.8) is 0 Å². The number of nitrogens with zero attached hydrogens (tertiary/aromatic N) is 1. The number of halogens is 1. The van der Waals surface area contributed by atoms with Crippen molar-refractivity contribution in [2.75, 3.05) is 26.7 Å². The molecule has 2 N–H and O–H groups in total. The monoisotopic (exact) mass is 300 g/mol. The van der Waals surface area contributed by atoms with Crippen LogP contribution in [0.2, 0.25) is 0 Å². The average molecular weight is 301 g/mol. The molecule has 0 unspecified atom stereocenters. The Labute approximate surface area is 110 Å². The molecule has 0 aromatic heterocycles. The summed E-state index contributed by atoms with van der Waals surface area (Å²) >= 11 is 3.40. The molecule has 0 bridgehead atoms. The summed E-state index contributed by atoms with van der Waals surface area (Å²) in [6.07, 6.45) is 0.790. The van der Waals surface area contributed by atoms with E-state index in [4.69, 9.17) is 5.11 Å². The summed E-state index contributed by atoms with van der Waals surface area (Å²) < 4.78 is 1.04. The van der Waals surface area contributed by atoms with Crippen LogP contribution in [-0.4, -0.2) is 42.8 Å². The molecule has 1 aromatic carbocycles. The Bertz CT molecular complexity index is 371. The van der Waals surface area contributed by atoms with E-state index in [-0.39, 0.29) is 12.6 Å². The van der Waals surface area contributed by atoms with Crippen LogP contribution < -0.4 is 5.32 Å². The van der Waals surface area contributed by atoms with Crippen LogP contribution in [0.4, 0.5) is 4.79 Å². The van der Waals surface area contributed by atoms with Gasteiger partial charge in [0, 0.05) is 24.6 Å². The Hall–Kier alpha value is -1.07. The fourth-order valence-electron chi connectivity index (χ4n) is 1.39. The van der Waals surface area contributed by atoms with Gasteiger partial charge in [-0.25, -0.2) is 4.79 Å². The standard InChI is InChI=1S/C12H17BrN2O2/c1-15(7-8-16)12(17)14-6-5-10-3-2-4-11(13)9-10/h2-4,9,16H,5-8H2,1H3,(H,14,17). The van der Waals surface area contributed by atoms with Crippen molar-refractivity contribution in [1.29, 1.82) is 0 Å². The summed E-state index contributed by atoms with van der Waals surface area (Å²) in [7, 11) is 1.66. The summed E-state index contributed by atoms with van der Waals surface area (Å²) in [5.41, 5.74) is 1.17. The first kappa shape index (κ1) is 14.0. The zero-order valence-electron chi connectivity index (χ0n) is 9.82. The van der Waals surface area contributed by atoms with E-state index in [9.17, 15) is 4.79 Å². The molecule has 1 rings (SSSR count). The van der Waals surface area contributed by atoms with Gasteiger partial charge in [-0.3, -0.25) is 0 Å². The zero-order chi connectivity index (χ0) is 12.7. The van der Waals surface area contributed by atoms with Crippen LogP contribution in [0.1, 0.15) is 5.56 Å². The number of urea groups is 1. The van der Waals surface area contributed by atoms with Gasteiger partial charge in [0.1, 0.15) is 0 Å². The van der Waals surface area contributed by atoms with Gasteiger partial charge in [0.2, 0.25) is 0 Å². The van der Waals surface area contributed by atoms with E-state index in [1.807, 2.05) is 24.3 Å². The smallest absolute Gasteiger partial charge is 0.317 e. The fraction of sp³-hybridized carbons (Fsp3) is 0.417. The molecule has 1 aromatic rings. The van der Waals surface area contributed by atoms with Gasteiger partial charge in [-0.05, 0) is 24.1 Å². The Balaban J connectivity index is 2.30. The third-order valence-electron chi connectivity index (χ3n) is 2.36. The molecule has 0 radical (unpaired) electrons. The highest BCUT2D eigenvalue weighted by atomic mass is 79.9. The number of aliphatic hydroxyl groups excluding tert-OH is 1. The van der Waals surface area contributed by atoms with Gasteiger partial charge in [0.25, 0.3) is 0 Å². The highest BCUT2D eigenvalue weighted by Gasteiger charge is 2.06. The topological polar surface area (TPSA) is 52.6 Å². The summed E-state index contributed by atoms with van der Waals surface area (Å²) in [6, 6.07) is 7.84. The SMILES string of the molecule is CN(CCO)C(=O)NCCc1cccc(Br)c1. The van der Waals surface area contributed by atoms with Gasteiger partial charge in [0.15, 0.2) is 0 Å². The first-order valence-electron chi connectivity index (χ1n) is 5.47. The van der Waals surface area contributed by atoms with Gasteiger partial charge in [-0.15, -0.1) is 0 Å². The summed E-state index contributed by atoms with van der Waals surface area (Å²) in [5.74, 6) is 0. The molecule has 0 aliphatic carbocycles. The lowest BCUT2D eigenvalue weighted by Gasteiger charge is -2.16. The number of carbonyl (C=O) groups is 1.